The quantitative estimate of drug-likeness (QED) is 0.577. The molecule has 1 saturated heterocycles. The molecular formula is C21H21N5O3S. The van der Waals surface area contributed by atoms with Gasteiger partial charge in [0.1, 0.15) is 5.01 Å². The van der Waals surface area contributed by atoms with Crippen LogP contribution in [0.5, 0.6) is 0 Å². The average Bonchev–Trinajstić information content (AvgIpc) is 3.47. The molecule has 30 heavy (non-hydrogen) atoms. The van der Waals surface area contributed by atoms with Gasteiger partial charge in [-0.05, 0) is 42.5 Å². The largest absolute Gasteiger partial charge is 0.325 e. The van der Waals surface area contributed by atoms with Crippen LogP contribution in [0, 0.1) is 23.7 Å². The van der Waals surface area contributed by atoms with Crippen LogP contribution in [0.4, 0.5) is 21.3 Å². The van der Waals surface area contributed by atoms with Crippen molar-refractivity contribution in [2.75, 3.05) is 15.5 Å². The number of hydrogen-bond donors (Lipinski definition) is 2. The van der Waals surface area contributed by atoms with E-state index < -0.39 is 6.03 Å². The molecule has 0 unspecified atom stereocenters. The zero-order valence-electron chi connectivity index (χ0n) is 16.5. The normalized spacial score (nSPS) is 26.6. The summed E-state index contributed by atoms with van der Waals surface area (Å²) in [5, 5.41) is 14.7. The van der Waals surface area contributed by atoms with E-state index in [-0.39, 0.29) is 41.4 Å². The first-order valence-corrected chi connectivity index (χ1v) is 10.8. The topological polar surface area (TPSA) is 104 Å². The minimum atomic E-state index is -0.431. The number of amides is 4. The Bertz CT molecular complexity index is 1030. The first kappa shape index (κ1) is 18.9. The number of carbonyl (C=O) groups is 3. The summed E-state index contributed by atoms with van der Waals surface area (Å²) in [5.41, 5.74) is 1.08. The summed E-state index contributed by atoms with van der Waals surface area (Å²) in [6.07, 6.45) is 5.06. The summed E-state index contributed by atoms with van der Waals surface area (Å²) in [6, 6.07) is 6.29. The first-order valence-electron chi connectivity index (χ1n) is 10.00. The lowest BCUT2D eigenvalue weighted by Gasteiger charge is -2.17. The number of hydrogen-bond acceptors (Lipinski definition) is 6. The molecule has 0 radical (unpaired) electrons. The van der Waals surface area contributed by atoms with Crippen molar-refractivity contribution >= 4 is 45.7 Å². The Balaban J connectivity index is 1.25. The van der Waals surface area contributed by atoms with E-state index in [1.54, 1.807) is 24.3 Å². The van der Waals surface area contributed by atoms with E-state index in [2.05, 4.69) is 33.0 Å². The van der Waals surface area contributed by atoms with Gasteiger partial charge in [0, 0.05) is 11.6 Å². The number of carbonyl (C=O) groups excluding carboxylic acids is 3. The molecule has 5 rings (SSSR count). The standard InChI is InChI=1S/C21H21N5O3S/c1-10(2)17-24-25-21(30-17)23-20(29)22-13-5-7-14(8-6-13)26-18(27)15-11-3-4-12(9-11)16(15)19(26)28/h3-8,10-12,15-16H,9H2,1-2H3,(H2,22,23,25,29)/t11-,12-,15+,16+/m0/s1. The van der Waals surface area contributed by atoms with Gasteiger partial charge in [0.25, 0.3) is 0 Å². The van der Waals surface area contributed by atoms with Gasteiger partial charge in [-0.15, -0.1) is 10.2 Å². The van der Waals surface area contributed by atoms with Gasteiger partial charge in [0.2, 0.25) is 16.9 Å². The van der Waals surface area contributed by atoms with Crippen LogP contribution in [0.15, 0.2) is 36.4 Å². The molecule has 2 heterocycles. The van der Waals surface area contributed by atoms with Crippen molar-refractivity contribution in [1.29, 1.82) is 0 Å². The fraction of sp³-hybridized carbons (Fsp3) is 0.381. The lowest BCUT2D eigenvalue weighted by molar-refractivity contribution is -0.123. The number of rotatable bonds is 4. The number of nitrogens with zero attached hydrogens (tertiary/aromatic N) is 3. The van der Waals surface area contributed by atoms with E-state index in [1.807, 2.05) is 13.8 Å². The van der Waals surface area contributed by atoms with Gasteiger partial charge in [0.05, 0.1) is 17.5 Å². The van der Waals surface area contributed by atoms with E-state index in [0.29, 0.717) is 16.5 Å². The van der Waals surface area contributed by atoms with Crippen molar-refractivity contribution in [2.45, 2.75) is 26.2 Å². The first-order chi connectivity index (χ1) is 14.4. The summed E-state index contributed by atoms with van der Waals surface area (Å²) in [4.78, 5) is 39.3. The molecule has 1 aliphatic heterocycles. The Kier molecular flexibility index (Phi) is 4.43. The number of benzene rings is 1. The molecule has 1 saturated carbocycles. The monoisotopic (exact) mass is 423 g/mol. The molecule has 4 amide bonds. The lowest BCUT2D eigenvalue weighted by atomic mass is 9.85. The molecule has 0 spiro atoms. The second-order valence-corrected chi connectivity index (χ2v) is 9.25. The maximum absolute atomic E-state index is 12.9. The van der Waals surface area contributed by atoms with E-state index in [1.165, 1.54) is 16.2 Å². The van der Waals surface area contributed by atoms with Crippen LogP contribution in [-0.4, -0.2) is 28.0 Å². The average molecular weight is 423 g/mol. The number of anilines is 3. The Hall–Kier alpha value is -3.07. The molecule has 2 aliphatic carbocycles. The Morgan fingerprint density at radius 1 is 1.03 bits per heavy atom. The number of urea groups is 1. The molecule has 2 fully saturated rings. The minimum Gasteiger partial charge on any atom is -0.308 e. The predicted molar refractivity (Wildman–Crippen MR) is 113 cm³/mol. The van der Waals surface area contributed by atoms with Gasteiger partial charge in [-0.1, -0.05) is 37.3 Å². The van der Waals surface area contributed by atoms with Crippen LogP contribution in [-0.2, 0) is 9.59 Å². The molecule has 1 aromatic carbocycles. The van der Waals surface area contributed by atoms with Crippen molar-refractivity contribution < 1.29 is 14.4 Å². The smallest absolute Gasteiger partial charge is 0.308 e. The van der Waals surface area contributed by atoms with Gasteiger partial charge in [-0.25, -0.2) is 4.79 Å². The molecule has 1 aromatic heterocycles. The number of nitrogens with one attached hydrogen (secondary N) is 2. The van der Waals surface area contributed by atoms with Crippen LogP contribution >= 0.6 is 11.3 Å². The van der Waals surface area contributed by atoms with Crippen LogP contribution in [0.25, 0.3) is 0 Å². The van der Waals surface area contributed by atoms with Crippen molar-refractivity contribution in [3.05, 3.63) is 41.4 Å². The van der Waals surface area contributed by atoms with E-state index in [0.717, 1.165) is 11.4 Å². The highest BCUT2D eigenvalue weighted by Crippen LogP contribution is 2.53. The predicted octanol–water partition coefficient (Wildman–Crippen LogP) is 3.62. The Morgan fingerprint density at radius 3 is 2.23 bits per heavy atom. The minimum absolute atomic E-state index is 0.113. The van der Waals surface area contributed by atoms with E-state index >= 15 is 0 Å². The maximum Gasteiger partial charge on any atom is 0.325 e. The molecule has 8 nitrogen and oxygen atoms in total. The van der Waals surface area contributed by atoms with Crippen molar-refractivity contribution in [3.63, 3.8) is 0 Å². The van der Waals surface area contributed by atoms with Gasteiger partial charge in [-0.2, -0.15) is 0 Å². The molecule has 3 aliphatic rings. The molecule has 4 atom stereocenters. The molecule has 2 N–H and O–H groups in total. The second kappa shape index (κ2) is 7.02. The van der Waals surface area contributed by atoms with Crippen LogP contribution < -0.4 is 15.5 Å². The zero-order valence-corrected chi connectivity index (χ0v) is 17.3. The third-order valence-electron chi connectivity index (χ3n) is 6.01. The molecule has 154 valence electrons. The fourth-order valence-electron chi connectivity index (χ4n) is 4.63. The molecule has 9 heteroatoms. The highest BCUT2D eigenvalue weighted by atomic mass is 32.1. The summed E-state index contributed by atoms with van der Waals surface area (Å²) in [7, 11) is 0. The molecular weight excluding hydrogens is 402 g/mol. The maximum atomic E-state index is 12.9. The van der Waals surface area contributed by atoms with Crippen LogP contribution in [0.3, 0.4) is 0 Å². The number of imide groups is 1. The van der Waals surface area contributed by atoms with Crippen LogP contribution in [0.2, 0.25) is 0 Å². The summed E-state index contributed by atoms with van der Waals surface area (Å²) in [5.74, 6) is -0.0621. The van der Waals surface area contributed by atoms with Gasteiger partial charge in [-0.3, -0.25) is 19.8 Å². The SMILES string of the molecule is CC(C)c1nnc(NC(=O)Nc2ccc(N3C(=O)[C@H]4[C@H](C3=O)[C@H]3C=C[C@H]4C3)cc2)s1. The second-order valence-electron chi connectivity index (χ2n) is 8.24. The van der Waals surface area contributed by atoms with Gasteiger partial charge < -0.3 is 5.32 Å². The Labute approximate surface area is 177 Å². The van der Waals surface area contributed by atoms with Crippen molar-refractivity contribution in [3.8, 4) is 0 Å². The highest BCUT2D eigenvalue weighted by molar-refractivity contribution is 7.15. The molecule has 2 aromatic rings. The van der Waals surface area contributed by atoms with Gasteiger partial charge in [0.15, 0.2) is 0 Å². The summed E-state index contributed by atoms with van der Waals surface area (Å²) >= 11 is 1.33. The summed E-state index contributed by atoms with van der Waals surface area (Å²) in [6.45, 7) is 4.02. The Morgan fingerprint density at radius 2 is 1.67 bits per heavy atom. The number of aromatic nitrogens is 2. The third-order valence-corrected chi connectivity index (χ3v) is 7.15. The number of fused-ring (bicyclic) bond motifs is 5. The number of allylic oxidation sites excluding steroid dienone is 2. The summed E-state index contributed by atoms with van der Waals surface area (Å²) < 4.78 is 0. The van der Waals surface area contributed by atoms with E-state index in [9.17, 15) is 14.4 Å². The van der Waals surface area contributed by atoms with Gasteiger partial charge >= 0.3 is 6.03 Å². The van der Waals surface area contributed by atoms with Crippen molar-refractivity contribution in [1.82, 2.24) is 10.2 Å². The third kappa shape index (κ3) is 3.00. The fourth-order valence-corrected chi connectivity index (χ4v) is 5.37. The zero-order chi connectivity index (χ0) is 21.0. The van der Waals surface area contributed by atoms with Crippen molar-refractivity contribution in [2.24, 2.45) is 23.7 Å². The van der Waals surface area contributed by atoms with E-state index in [4.69, 9.17) is 0 Å². The van der Waals surface area contributed by atoms with Crippen LogP contribution in [0.1, 0.15) is 31.2 Å². The lowest BCUT2D eigenvalue weighted by Crippen LogP contribution is -2.32. The molecule has 2 bridgehead atoms. The highest BCUT2D eigenvalue weighted by Gasteiger charge is 2.59.